The molecule has 2 aromatic rings. The first-order valence-corrected chi connectivity index (χ1v) is 7.87. The Hall–Kier alpha value is -2.16. The van der Waals surface area contributed by atoms with Crippen LogP contribution in [-0.2, 0) is 23.2 Å². The van der Waals surface area contributed by atoms with Crippen molar-refractivity contribution in [3.8, 4) is 6.07 Å². The minimum absolute atomic E-state index is 0.159. The predicted molar refractivity (Wildman–Crippen MR) is 86.4 cm³/mol. The molecule has 1 heterocycles. The molecule has 0 radical (unpaired) electrons. The lowest BCUT2D eigenvalue weighted by Gasteiger charge is -2.22. The fraction of sp³-hybridized carbons (Fsp3) is 0.294. The van der Waals surface area contributed by atoms with Gasteiger partial charge in [-0.15, -0.1) is 11.3 Å². The second kappa shape index (κ2) is 7.21. The third-order valence-corrected chi connectivity index (χ3v) is 4.54. The van der Waals surface area contributed by atoms with Crippen molar-refractivity contribution >= 4 is 17.2 Å². The van der Waals surface area contributed by atoms with Gasteiger partial charge >= 0.3 is 0 Å². The largest absolute Gasteiger partial charge is 0.383 e. The van der Waals surface area contributed by atoms with Gasteiger partial charge in [0.15, 0.2) is 0 Å². The van der Waals surface area contributed by atoms with Crippen LogP contribution in [0.2, 0.25) is 0 Å². The Morgan fingerprint density at radius 2 is 2.05 bits per heavy atom. The third-order valence-electron chi connectivity index (χ3n) is 3.42. The van der Waals surface area contributed by atoms with Crippen LogP contribution in [0, 0.1) is 11.3 Å². The van der Waals surface area contributed by atoms with E-state index in [-0.39, 0.29) is 25.3 Å². The van der Waals surface area contributed by atoms with E-state index in [2.05, 4.69) is 11.4 Å². The summed E-state index contributed by atoms with van der Waals surface area (Å²) in [6, 6.07) is 13.2. The number of thiophene rings is 1. The van der Waals surface area contributed by atoms with Gasteiger partial charge < -0.3 is 10.4 Å². The maximum absolute atomic E-state index is 12.1. The molecule has 2 N–H and O–H groups in total. The highest BCUT2D eigenvalue weighted by Gasteiger charge is 2.24. The third kappa shape index (κ3) is 4.17. The molecule has 0 aliphatic carbocycles. The normalized spacial score (nSPS) is 13.1. The summed E-state index contributed by atoms with van der Waals surface area (Å²) in [6.45, 7) is 1.84. The van der Waals surface area contributed by atoms with E-state index in [1.54, 1.807) is 6.92 Å². The first kappa shape index (κ1) is 16.2. The SMILES string of the molecule is CC(O)(CNC(=O)Cc1ccccc1CC#N)c1cccs1. The number of aliphatic hydroxyl groups is 1. The summed E-state index contributed by atoms with van der Waals surface area (Å²) in [6.07, 6.45) is 0.495. The van der Waals surface area contributed by atoms with Crippen molar-refractivity contribution in [3.63, 3.8) is 0 Å². The zero-order valence-electron chi connectivity index (χ0n) is 12.4. The highest BCUT2D eigenvalue weighted by Crippen LogP contribution is 2.24. The zero-order valence-corrected chi connectivity index (χ0v) is 13.2. The van der Waals surface area contributed by atoms with Gasteiger partial charge in [-0.1, -0.05) is 30.3 Å². The molecule has 0 aliphatic heterocycles. The Morgan fingerprint density at radius 1 is 1.32 bits per heavy atom. The summed E-state index contributed by atoms with van der Waals surface area (Å²) < 4.78 is 0. The average Bonchev–Trinajstić information content (AvgIpc) is 3.03. The molecule has 0 bridgehead atoms. The number of hydrogen-bond donors (Lipinski definition) is 2. The van der Waals surface area contributed by atoms with Crippen LogP contribution in [0.5, 0.6) is 0 Å². The van der Waals surface area contributed by atoms with E-state index in [0.29, 0.717) is 0 Å². The van der Waals surface area contributed by atoms with Gasteiger partial charge in [0.2, 0.25) is 5.91 Å². The number of carbonyl (C=O) groups is 1. The van der Waals surface area contributed by atoms with Crippen LogP contribution in [0.4, 0.5) is 0 Å². The fourth-order valence-electron chi connectivity index (χ4n) is 2.17. The van der Waals surface area contributed by atoms with E-state index in [4.69, 9.17) is 5.26 Å². The number of hydrogen-bond acceptors (Lipinski definition) is 4. The van der Waals surface area contributed by atoms with E-state index in [0.717, 1.165) is 16.0 Å². The average molecular weight is 314 g/mol. The van der Waals surface area contributed by atoms with Crippen molar-refractivity contribution in [3.05, 3.63) is 57.8 Å². The predicted octanol–water partition coefficient (Wildman–Crippen LogP) is 2.38. The lowest BCUT2D eigenvalue weighted by atomic mass is 10.0. The molecule has 114 valence electrons. The molecule has 1 aromatic heterocycles. The molecule has 0 saturated heterocycles. The lowest BCUT2D eigenvalue weighted by Crippen LogP contribution is -2.38. The molecule has 1 amide bonds. The molecule has 1 atom stereocenters. The quantitative estimate of drug-likeness (QED) is 0.860. The van der Waals surface area contributed by atoms with Crippen LogP contribution < -0.4 is 5.32 Å². The number of carbonyl (C=O) groups excluding carboxylic acids is 1. The Labute approximate surface area is 134 Å². The Kier molecular flexibility index (Phi) is 5.31. The summed E-state index contributed by atoms with van der Waals surface area (Å²) >= 11 is 1.46. The van der Waals surface area contributed by atoms with Gasteiger partial charge in [0.1, 0.15) is 5.60 Å². The van der Waals surface area contributed by atoms with Crippen molar-refractivity contribution in [1.82, 2.24) is 5.32 Å². The molecule has 4 nitrogen and oxygen atoms in total. The zero-order chi connectivity index (χ0) is 16.0. The number of rotatable bonds is 6. The first-order valence-electron chi connectivity index (χ1n) is 7.00. The van der Waals surface area contributed by atoms with E-state index >= 15 is 0 Å². The van der Waals surface area contributed by atoms with E-state index in [9.17, 15) is 9.90 Å². The molecule has 2 rings (SSSR count). The Morgan fingerprint density at radius 3 is 2.68 bits per heavy atom. The number of nitrogens with zero attached hydrogens (tertiary/aromatic N) is 1. The molecule has 0 spiro atoms. The van der Waals surface area contributed by atoms with Gasteiger partial charge in [0, 0.05) is 4.88 Å². The lowest BCUT2D eigenvalue weighted by molar-refractivity contribution is -0.121. The van der Waals surface area contributed by atoms with Crippen molar-refractivity contribution < 1.29 is 9.90 Å². The second-order valence-electron chi connectivity index (χ2n) is 5.31. The fourth-order valence-corrected chi connectivity index (χ4v) is 2.95. The monoisotopic (exact) mass is 314 g/mol. The summed E-state index contributed by atoms with van der Waals surface area (Å²) in [7, 11) is 0. The van der Waals surface area contributed by atoms with Gasteiger partial charge in [-0.25, -0.2) is 0 Å². The summed E-state index contributed by atoms with van der Waals surface area (Å²) in [5, 5.41) is 23.8. The maximum atomic E-state index is 12.1. The molecule has 5 heteroatoms. The molecule has 1 aromatic carbocycles. The highest BCUT2D eigenvalue weighted by atomic mass is 32.1. The molecular weight excluding hydrogens is 296 g/mol. The van der Waals surface area contributed by atoms with Crippen LogP contribution >= 0.6 is 11.3 Å². The van der Waals surface area contributed by atoms with Gasteiger partial charge in [-0.05, 0) is 29.5 Å². The van der Waals surface area contributed by atoms with E-state index in [1.807, 2.05) is 41.8 Å². The molecule has 0 fully saturated rings. The van der Waals surface area contributed by atoms with Crippen LogP contribution in [0.15, 0.2) is 41.8 Å². The van der Waals surface area contributed by atoms with Crippen molar-refractivity contribution in [2.75, 3.05) is 6.54 Å². The van der Waals surface area contributed by atoms with E-state index in [1.165, 1.54) is 11.3 Å². The van der Waals surface area contributed by atoms with Gasteiger partial charge in [-0.3, -0.25) is 4.79 Å². The summed E-state index contributed by atoms with van der Waals surface area (Å²) in [5.74, 6) is -0.165. The van der Waals surface area contributed by atoms with Crippen molar-refractivity contribution in [1.29, 1.82) is 5.26 Å². The minimum Gasteiger partial charge on any atom is -0.383 e. The smallest absolute Gasteiger partial charge is 0.224 e. The Balaban J connectivity index is 1.95. The van der Waals surface area contributed by atoms with Gasteiger partial charge in [-0.2, -0.15) is 5.26 Å². The van der Waals surface area contributed by atoms with Crippen LogP contribution in [0.1, 0.15) is 22.9 Å². The first-order chi connectivity index (χ1) is 10.5. The standard InChI is InChI=1S/C17H18N2O2S/c1-17(21,15-7-4-10-22-15)12-19-16(20)11-14-6-3-2-5-13(14)8-9-18/h2-7,10,21H,8,11-12H2,1H3,(H,19,20). The van der Waals surface area contributed by atoms with Crippen molar-refractivity contribution in [2.24, 2.45) is 0 Å². The molecule has 22 heavy (non-hydrogen) atoms. The van der Waals surface area contributed by atoms with E-state index < -0.39 is 5.60 Å². The molecule has 1 unspecified atom stereocenters. The Bertz CT molecular complexity index is 672. The van der Waals surface area contributed by atoms with Gasteiger partial charge in [0.05, 0.1) is 25.5 Å². The number of amides is 1. The second-order valence-corrected chi connectivity index (χ2v) is 6.26. The van der Waals surface area contributed by atoms with Crippen LogP contribution in [-0.4, -0.2) is 17.6 Å². The topological polar surface area (TPSA) is 73.1 Å². The maximum Gasteiger partial charge on any atom is 0.224 e. The molecule has 0 saturated carbocycles. The number of benzene rings is 1. The van der Waals surface area contributed by atoms with Crippen LogP contribution in [0.25, 0.3) is 0 Å². The number of nitriles is 1. The molecular formula is C17H18N2O2S. The molecule has 0 aliphatic rings. The van der Waals surface area contributed by atoms with Crippen molar-refractivity contribution in [2.45, 2.75) is 25.4 Å². The minimum atomic E-state index is -1.07. The number of nitrogens with one attached hydrogen (secondary N) is 1. The van der Waals surface area contributed by atoms with Gasteiger partial charge in [0.25, 0.3) is 0 Å². The highest BCUT2D eigenvalue weighted by molar-refractivity contribution is 7.10. The summed E-state index contributed by atoms with van der Waals surface area (Å²) in [4.78, 5) is 12.9. The summed E-state index contributed by atoms with van der Waals surface area (Å²) in [5.41, 5.74) is 0.637. The van der Waals surface area contributed by atoms with Crippen LogP contribution in [0.3, 0.4) is 0 Å².